The van der Waals surface area contributed by atoms with Crippen molar-refractivity contribution in [3.05, 3.63) is 34.9 Å². The Morgan fingerprint density at radius 1 is 1.29 bits per heavy atom. The molecule has 208 valence electrons. The fraction of sp³-hybridized carbons (Fsp3) is 0.700. The summed E-state index contributed by atoms with van der Waals surface area (Å²) in [6, 6.07) is 6.21. The van der Waals surface area contributed by atoms with Gasteiger partial charge in [0.1, 0.15) is 0 Å². The number of nitrogens with one attached hydrogen (secondary N) is 2. The molecule has 2 aromatic rings. The topological polar surface area (TPSA) is 94.8 Å². The van der Waals surface area contributed by atoms with Gasteiger partial charge in [-0.15, -0.1) is 0 Å². The lowest BCUT2D eigenvalue weighted by atomic mass is 9.45. The first-order chi connectivity index (χ1) is 18.1. The van der Waals surface area contributed by atoms with E-state index >= 15 is 0 Å². The summed E-state index contributed by atoms with van der Waals surface area (Å²) in [7, 11) is 0. The van der Waals surface area contributed by atoms with Crippen LogP contribution in [-0.4, -0.2) is 63.8 Å². The molecule has 1 saturated heterocycles. The van der Waals surface area contributed by atoms with Crippen molar-refractivity contribution in [3.8, 4) is 0 Å². The Bertz CT molecular complexity index is 1240. The second-order valence-electron chi connectivity index (χ2n) is 13.1. The van der Waals surface area contributed by atoms with Gasteiger partial charge in [-0.05, 0) is 73.5 Å². The standard InChI is InChI=1S/C30H46N6O2/c1-18(2)11-23(16-37)36-17-32-27-14-22(7-8-24(27)28(36)38)33-29(35-10-9-31-19(3)15-35)34-26-13-21-12-25(20(26)4)30(21,5)6/h7-8,14,17-21,23,25-26,31,37H,9-13,15-16H2,1-6H3,(H,33,34)/t19-,20+,21-,23-,25-,26?/m0/s1. The molecular weight excluding hydrogens is 476 g/mol. The second-order valence-corrected chi connectivity index (χ2v) is 13.1. The number of aliphatic hydroxyl groups excluding tert-OH is 1. The van der Waals surface area contributed by atoms with E-state index in [9.17, 15) is 9.90 Å². The van der Waals surface area contributed by atoms with Crippen molar-refractivity contribution in [2.75, 3.05) is 26.2 Å². The maximum absolute atomic E-state index is 13.3. The predicted molar refractivity (Wildman–Crippen MR) is 154 cm³/mol. The highest BCUT2D eigenvalue weighted by atomic mass is 16.3. The zero-order valence-corrected chi connectivity index (χ0v) is 23.9. The average molecular weight is 523 g/mol. The Morgan fingerprint density at radius 3 is 2.74 bits per heavy atom. The molecule has 3 N–H and O–H groups in total. The van der Waals surface area contributed by atoms with Crippen LogP contribution in [0.1, 0.15) is 66.8 Å². The number of nitrogens with zero attached hydrogens (tertiary/aromatic N) is 4. The minimum Gasteiger partial charge on any atom is -0.394 e. The highest BCUT2D eigenvalue weighted by Gasteiger charge is 2.56. The largest absolute Gasteiger partial charge is 0.394 e. The number of fused-ring (bicyclic) bond motifs is 3. The fourth-order valence-corrected chi connectivity index (χ4v) is 7.22. The van der Waals surface area contributed by atoms with Crippen molar-refractivity contribution < 1.29 is 5.11 Å². The molecule has 6 atom stereocenters. The number of aromatic nitrogens is 2. The van der Waals surface area contributed by atoms with Gasteiger partial charge in [0.25, 0.3) is 5.56 Å². The van der Waals surface area contributed by atoms with E-state index in [-0.39, 0.29) is 18.2 Å². The van der Waals surface area contributed by atoms with Crippen LogP contribution in [0.25, 0.3) is 10.9 Å². The van der Waals surface area contributed by atoms with E-state index < -0.39 is 0 Å². The van der Waals surface area contributed by atoms with Crippen LogP contribution in [0.5, 0.6) is 0 Å². The molecular formula is C30H46N6O2. The van der Waals surface area contributed by atoms with E-state index in [0.717, 1.165) is 49.5 Å². The third-order valence-electron chi connectivity index (χ3n) is 9.69. The Hall–Kier alpha value is -2.45. The first kappa shape index (κ1) is 27.1. The van der Waals surface area contributed by atoms with E-state index in [2.05, 4.69) is 62.1 Å². The molecule has 8 nitrogen and oxygen atoms in total. The van der Waals surface area contributed by atoms with Crippen molar-refractivity contribution in [1.29, 1.82) is 0 Å². The van der Waals surface area contributed by atoms with Crippen molar-refractivity contribution in [1.82, 2.24) is 25.1 Å². The highest BCUT2D eigenvalue weighted by molar-refractivity contribution is 5.86. The number of aliphatic hydroxyl groups is 1. The quantitative estimate of drug-likeness (QED) is 0.393. The van der Waals surface area contributed by atoms with Gasteiger partial charge in [-0.2, -0.15) is 0 Å². The molecule has 6 rings (SSSR count). The van der Waals surface area contributed by atoms with E-state index in [4.69, 9.17) is 4.99 Å². The minimum atomic E-state index is -0.267. The number of hydrogen-bond acceptors (Lipinski definition) is 5. The maximum Gasteiger partial charge on any atom is 0.261 e. The third kappa shape index (κ3) is 5.09. The average Bonchev–Trinajstić information content (AvgIpc) is 2.88. The van der Waals surface area contributed by atoms with Gasteiger partial charge < -0.3 is 20.6 Å². The van der Waals surface area contributed by atoms with E-state index in [1.54, 1.807) is 10.9 Å². The zero-order chi connectivity index (χ0) is 27.2. The van der Waals surface area contributed by atoms with Crippen LogP contribution >= 0.6 is 0 Å². The van der Waals surface area contributed by atoms with Crippen molar-refractivity contribution in [2.45, 2.75) is 78.9 Å². The van der Waals surface area contributed by atoms with Gasteiger partial charge in [-0.25, -0.2) is 9.98 Å². The molecule has 2 bridgehead atoms. The van der Waals surface area contributed by atoms with Crippen LogP contribution < -0.4 is 16.2 Å². The first-order valence-electron chi connectivity index (χ1n) is 14.5. The molecule has 1 aromatic heterocycles. The summed E-state index contributed by atoms with van der Waals surface area (Å²) < 4.78 is 1.58. The van der Waals surface area contributed by atoms with Crippen molar-refractivity contribution in [2.24, 2.45) is 34.1 Å². The summed E-state index contributed by atoms with van der Waals surface area (Å²) >= 11 is 0. The molecule has 38 heavy (non-hydrogen) atoms. The Balaban J connectivity index is 1.44. The van der Waals surface area contributed by atoms with Gasteiger partial charge in [-0.1, -0.05) is 34.6 Å². The number of guanidine groups is 1. The summed E-state index contributed by atoms with van der Waals surface area (Å²) in [5.41, 5.74) is 1.76. The molecule has 8 heteroatoms. The summed E-state index contributed by atoms with van der Waals surface area (Å²) in [5.74, 6) is 3.43. The molecule has 1 aliphatic heterocycles. The van der Waals surface area contributed by atoms with E-state index in [0.29, 0.717) is 40.2 Å². The zero-order valence-electron chi connectivity index (χ0n) is 23.9. The first-order valence-corrected chi connectivity index (χ1v) is 14.5. The van der Waals surface area contributed by atoms with Crippen LogP contribution in [0, 0.1) is 29.1 Å². The number of piperazine rings is 1. The number of aliphatic imine (C=N–C) groups is 1. The molecule has 3 aliphatic carbocycles. The van der Waals surface area contributed by atoms with Gasteiger partial charge in [0, 0.05) is 31.7 Å². The van der Waals surface area contributed by atoms with Gasteiger partial charge in [-0.3, -0.25) is 9.36 Å². The molecule has 3 saturated carbocycles. The van der Waals surface area contributed by atoms with Gasteiger partial charge >= 0.3 is 0 Å². The van der Waals surface area contributed by atoms with Gasteiger partial charge in [0.2, 0.25) is 0 Å². The van der Waals surface area contributed by atoms with Gasteiger partial charge in [0.15, 0.2) is 5.96 Å². The van der Waals surface area contributed by atoms with Crippen LogP contribution in [0.4, 0.5) is 5.69 Å². The normalized spacial score (nSPS) is 29.8. The lowest BCUT2D eigenvalue weighted by molar-refractivity contribution is -0.112. The Kier molecular flexibility index (Phi) is 7.57. The SMILES string of the molecule is CC(C)C[C@@H](CO)n1cnc2cc(N=C(NC3C[C@@H]4C[C@@H]([C@H]3C)C4(C)C)N3CCN[C@@H](C)C3)ccc2c1=O. The fourth-order valence-electron chi connectivity index (χ4n) is 7.22. The van der Waals surface area contributed by atoms with Crippen molar-refractivity contribution in [3.63, 3.8) is 0 Å². The summed E-state index contributed by atoms with van der Waals surface area (Å²) in [5, 5.41) is 17.9. The predicted octanol–water partition coefficient (Wildman–Crippen LogP) is 3.92. The number of benzene rings is 1. The molecule has 0 radical (unpaired) electrons. The van der Waals surface area contributed by atoms with Crippen LogP contribution in [-0.2, 0) is 0 Å². The van der Waals surface area contributed by atoms with Gasteiger partial charge in [0.05, 0.1) is 35.6 Å². The molecule has 0 spiro atoms. The van der Waals surface area contributed by atoms with Crippen LogP contribution in [0.2, 0.25) is 0 Å². The molecule has 4 fully saturated rings. The lowest BCUT2D eigenvalue weighted by Crippen LogP contribution is -2.63. The highest BCUT2D eigenvalue weighted by Crippen LogP contribution is 2.61. The van der Waals surface area contributed by atoms with Crippen LogP contribution in [0.15, 0.2) is 34.3 Å². The molecule has 1 aromatic carbocycles. The second kappa shape index (κ2) is 10.6. The Labute approximate surface area is 226 Å². The van der Waals surface area contributed by atoms with E-state index in [1.165, 1.54) is 12.8 Å². The molecule has 4 aliphatic rings. The number of rotatable bonds is 6. The third-order valence-corrected chi connectivity index (χ3v) is 9.69. The molecule has 2 heterocycles. The molecule has 1 unspecified atom stereocenters. The van der Waals surface area contributed by atoms with Crippen molar-refractivity contribution >= 4 is 22.5 Å². The summed E-state index contributed by atoms with van der Waals surface area (Å²) in [6.07, 6.45) is 4.84. The smallest absolute Gasteiger partial charge is 0.261 e. The molecule has 0 amide bonds. The number of hydrogen-bond donors (Lipinski definition) is 3. The summed E-state index contributed by atoms with van der Waals surface area (Å²) in [6.45, 7) is 16.3. The van der Waals surface area contributed by atoms with E-state index in [1.807, 2.05) is 18.2 Å². The lowest BCUT2D eigenvalue weighted by Gasteiger charge is -2.62. The van der Waals surface area contributed by atoms with Crippen LogP contribution in [0.3, 0.4) is 0 Å². The maximum atomic E-state index is 13.3. The monoisotopic (exact) mass is 522 g/mol. The Morgan fingerprint density at radius 2 is 2.08 bits per heavy atom. The minimum absolute atomic E-state index is 0.0791. The summed E-state index contributed by atoms with van der Waals surface area (Å²) in [4.78, 5) is 25.4.